The summed E-state index contributed by atoms with van der Waals surface area (Å²) in [5.74, 6) is -2.85. The van der Waals surface area contributed by atoms with Gasteiger partial charge in [-0.05, 0) is 48.2 Å². The first-order valence-electron chi connectivity index (χ1n) is 10.9. The van der Waals surface area contributed by atoms with E-state index in [-0.39, 0.29) is 40.4 Å². The number of halogens is 5. The Hall–Kier alpha value is -3.09. The normalized spacial score (nSPS) is 16.8. The fraction of sp³-hybridized carbons (Fsp3) is 0.308. The molecular formula is C26H23F5O2. The fourth-order valence-corrected chi connectivity index (χ4v) is 4.07. The molecule has 1 aliphatic carbocycles. The second-order valence-corrected chi connectivity index (χ2v) is 7.81. The van der Waals surface area contributed by atoms with Crippen LogP contribution in [0.2, 0.25) is 0 Å². The van der Waals surface area contributed by atoms with Gasteiger partial charge in [0.2, 0.25) is 0 Å². The topological polar surface area (TPSA) is 18.5 Å². The van der Waals surface area contributed by atoms with Crippen molar-refractivity contribution in [2.75, 3.05) is 13.2 Å². The highest BCUT2D eigenvalue weighted by atomic mass is 19.2. The lowest BCUT2D eigenvalue weighted by Crippen LogP contribution is -2.16. The molecule has 0 N–H and O–H groups in total. The van der Waals surface area contributed by atoms with Crippen molar-refractivity contribution < 1.29 is 31.4 Å². The summed E-state index contributed by atoms with van der Waals surface area (Å²) < 4.78 is 85.4. The summed E-state index contributed by atoms with van der Waals surface area (Å²) in [5.41, 5.74) is -0.829. The van der Waals surface area contributed by atoms with Gasteiger partial charge in [0.15, 0.2) is 35.5 Å². The molecule has 3 aromatic carbocycles. The smallest absolute Gasteiger partial charge is 0.171 e. The summed E-state index contributed by atoms with van der Waals surface area (Å²) in [4.78, 5) is 0. The Kier molecular flexibility index (Phi) is 6.58. The van der Waals surface area contributed by atoms with Crippen molar-refractivity contribution in [3.63, 3.8) is 0 Å². The second kappa shape index (κ2) is 9.41. The van der Waals surface area contributed by atoms with Crippen molar-refractivity contribution in [3.05, 3.63) is 71.0 Å². The Labute approximate surface area is 189 Å². The lowest BCUT2D eigenvalue weighted by Gasteiger charge is -2.28. The van der Waals surface area contributed by atoms with Gasteiger partial charge in [-0.2, -0.15) is 0 Å². The molecule has 0 radical (unpaired) electrons. The van der Waals surface area contributed by atoms with E-state index in [0.29, 0.717) is 6.61 Å². The highest BCUT2D eigenvalue weighted by Gasteiger charge is 2.40. The molecule has 2 unspecified atom stereocenters. The highest BCUT2D eigenvalue weighted by Crippen LogP contribution is 2.52. The molecule has 174 valence electrons. The van der Waals surface area contributed by atoms with E-state index in [1.807, 2.05) is 6.92 Å². The fourth-order valence-electron chi connectivity index (χ4n) is 4.07. The summed E-state index contributed by atoms with van der Waals surface area (Å²) in [6.07, 6.45) is -3.19. The minimum absolute atomic E-state index is 0.0345. The molecule has 0 fully saturated rings. The Balaban J connectivity index is 1.78. The zero-order valence-corrected chi connectivity index (χ0v) is 18.2. The minimum Gasteiger partial charge on any atom is -0.491 e. The van der Waals surface area contributed by atoms with E-state index in [2.05, 4.69) is 0 Å². The number of hydrogen-bond acceptors (Lipinski definition) is 2. The molecule has 0 saturated carbocycles. The number of ether oxygens (including phenoxy) is 2. The maximum atomic E-state index is 15.5. The van der Waals surface area contributed by atoms with Gasteiger partial charge >= 0.3 is 0 Å². The van der Waals surface area contributed by atoms with Gasteiger partial charge in [-0.15, -0.1) is 0 Å². The molecule has 0 heterocycles. The van der Waals surface area contributed by atoms with Crippen LogP contribution in [0.1, 0.15) is 50.2 Å². The first-order valence-corrected chi connectivity index (χ1v) is 10.9. The van der Waals surface area contributed by atoms with Gasteiger partial charge in [-0.3, -0.25) is 0 Å². The third kappa shape index (κ3) is 4.05. The summed E-state index contributed by atoms with van der Waals surface area (Å²) in [5, 5.41) is 0. The van der Waals surface area contributed by atoms with Gasteiger partial charge in [0.1, 0.15) is 5.82 Å². The van der Waals surface area contributed by atoms with E-state index in [9.17, 15) is 13.2 Å². The van der Waals surface area contributed by atoms with Crippen LogP contribution in [-0.2, 0) is 0 Å². The van der Waals surface area contributed by atoms with Crippen LogP contribution in [0.4, 0.5) is 22.0 Å². The van der Waals surface area contributed by atoms with E-state index in [1.54, 1.807) is 6.92 Å². The molecule has 2 atom stereocenters. The van der Waals surface area contributed by atoms with Gasteiger partial charge in [0, 0.05) is 16.7 Å². The van der Waals surface area contributed by atoms with Gasteiger partial charge in [0.25, 0.3) is 0 Å². The van der Waals surface area contributed by atoms with Crippen molar-refractivity contribution in [1.82, 2.24) is 0 Å². The largest absolute Gasteiger partial charge is 0.491 e. The van der Waals surface area contributed by atoms with Gasteiger partial charge in [-0.25, -0.2) is 22.0 Å². The summed E-state index contributed by atoms with van der Waals surface area (Å²) in [6.45, 7) is 4.12. The molecule has 0 spiro atoms. The van der Waals surface area contributed by atoms with E-state index < -0.39 is 40.9 Å². The SMILES string of the molecule is CCCCOc1ccc(-c2ccc3c(c2F)C(F)C(F)c2c-3ccc(OCC)c2F)cc1F. The first kappa shape index (κ1) is 23.1. The van der Waals surface area contributed by atoms with Crippen LogP contribution < -0.4 is 9.47 Å². The predicted octanol–water partition coefficient (Wildman–Crippen LogP) is 8.05. The number of benzene rings is 3. The molecule has 0 amide bonds. The molecule has 2 nitrogen and oxygen atoms in total. The average molecular weight is 462 g/mol. The molecule has 0 saturated heterocycles. The number of fused-ring (bicyclic) bond motifs is 3. The number of hydrogen-bond donors (Lipinski definition) is 0. The Morgan fingerprint density at radius 1 is 0.727 bits per heavy atom. The average Bonchev–Trinajstić information content (AvgIpc) is 2.80. The third-order valence-electron chi connectivity index (χ3n) is 5.72. The van der Waals surface area contributed by atoms with E-state index in [1.165, 1.54) is 36.4 Å². The molecule has 0 bridgehead atoms. The van der Waals surface area contributed by atoms with Crippen LogP contribution in [0.25, 0.3) is 22.3 Å². The van der Waals surface area contributed by atoms with Crippen molar-refractivity contribution in [3.8, 4) is 33.8 Å². The molecular weight excluding hydrogens is 439 g/mol. The van der Waals surface area contributed by atoms with Crippen LogP contribution in [0, 0.1) is 17.5 Å². The quantitative estimate of drug-likeness (QED) is 0.261. The summed E-state index contributed by atoms with van der Waals surface area (Å²) in [6, 6.07) is 9.38. The lowest BCUT2D eigenvalue weighted by atomic mass is 9.81. The molecule has 0 aliphatic heterocycles. The van der Waals surface area contributed by atoms with Gasteiger partial charge in [-0.1, -0.05) is 37.6 Å². The van der Waals surface area contributed by atoms with Crippen molar-refractivity contribution in [2.45, 2.75) is 39.0 Å². The van der Waals surface area contributed by atoms with Crippen molar-refractivity contribution in [1.29, 1.82) is 0 Å². The Morgan fingerprint density at radius 3 is 1.97 bits per heavy atom. The molecule has 7 heteroatoms. The number of alkyl halides is 2. The maximum absolute atomic E-state index is 15.5. The van der Waals surface area contributed by atoms with Crippen LogP contribution in [0.5, 0.6) is 11.5 Å². The van der Waals surface area contributed by atoms with E-state index in [4.69, 9.17) is 9.47 Å². The van der Waals surface area contributed by atoms with E-state index in [0.717, 1.165) is 18.9 Å². The minimum atomic E-state index is -2.43. The van der Waals surface area contributed by atoms with Gasteiger partial charge < -0.3 is 9.47 Å². The number of rotatable bonds is 7. The molecule has 0 aromatic heterocycles. The Morgan fingerprint density at radius 2 is 1.33 bits per heavy atom. The predicted molar refractivity (Wildman–Crippen MR) is 116 cm³/mol. The van der Waals surface area contributed by atoms with Crippen LogP contribution in [0.3, 0.4) is 0 Å². The molecule has 4 rings (SSSR count). The lowest BCUT2D eigenvalue weighted by molar-refractivity contribution is 0.159. The third-order valence-corrected chi connectivity index (χ3v) is 5.72. The van der Waals surface area contributed by atoms with Crippen LogP contribution in [-0.4, -0.2) is 13.2 Å². The molecule has 33 heavy (non-hydrogen) atoms. The monoisotopic (exact) mass is 462 g/mol. The number of unbranched alkanes of at least 4 members (excludes halogenated alkanes) is 1. The van der Waals surface area contributed by atoms with Crippen LogP contribution >= 0.6 is 0 Å². The standard InChI is InChI=1S/C26H23F5O2/c1-3-5-12-33-19-10-6-14(13-18(19)27)15-7-8-16-17-9-11-20(32-4-2)24(29)22(17)26(31)25(30)21(16)23(15)28/h6-11,13,25-26H,3-5,12H2,1-2H3. The van der Waals surface area contributed by atoms with Gasteiger partial charge in [0.05, 0.1) is 13.2 Å². The van der Waals surface area contributed by atoms with Crippen LogP contribution in [0.15, 0.2) is 42.5 Å². The van der Waals surface area contributed by atoms with Crippen molar-refractivity contribution >= 4 is 0 Å². The van der Waals surface area contributed by atoms with Crippen molar-refractivity contribution in [2.24, 2.45) is 0 Å². The maximum Gasteiger partial charge on any atom is 0.171 e. The molecule has 1 aliphatic rings. The zero-order chi connectivity index (χ0) is 23.7. The highest BCUT2D eigenvalue weighted by molar-refractivity contribution is 5.80. The summed E-state index contributed by atoms with van der Waals surface area (Å²) in [7, 11) is 0. The summed E-state index contributed by atoms with van der Waals surface area (Å²) >= 11 is 0. The Bertz CT molecular complexity index is 1180. The zero-order valence-electron chi connectivity index (χ0n) is 18.2. The second-order valence-electron chi connectivity index (χ2n) is 7.81. The van der Waals surface area contributed by atoms with E-state index >= 15 is 8.78 Å². The molecule has 3 aromatic rings. The first-order chi connectivity index (χ1) is 15.9.